The molecule has 1 N–H and O–H groups in total. The van der Waals surface area contributed by atoms with E-state index in [0.29, 0.717) is 18.2 Å². The topological polar surface area (TPSA) is 15.3 Å². The zero-order valence-electron chi connectivity index (χ0n) is 12.5. The van der Waals surface area contributed by atoms with Crippen molar-refractivity contribution < 1.29 is 8.78 Å². The number of piperazine rings is 1. The fraction of sp³-hybridized carbons (Fsp3) is 0.625. The molecule has 20 heavy (non-hydrogen) atoms. The van der Waals surface area contributed by atoms with Gasteiger partial charge < -0.3 is 5.32 Å². The molecule has 1 fully saturated rings. The molecule has 0 bridgehead atoms. The average molecular weight is 282 g/mol. The van der Waals surface area contributed by atoms with Crippen LogP contribution < -0.4 is 5.32 Å². The van der Waals surface area contributed by atoms with E-state index in [1.54, 1.807) is 12.1 Å². The van der Waals surface area contributed by atoms with Crippen LogP contribution in [0.5, 0.6) is 0 Å². The standard InChI is InChI=1S/C16H24F2N2/c1-4-13-9-19-16(3,5-2)11-20(13)10-12-7-6-8-14(17)15(12)18/h6-8,13,19H,4-5,9-11H2,1-3H3. The van der Waals surface area contributed by atoms with Crippen molar-refractivity contribution >= 4 is 0 Å². The Balaban J connectivity index is 2.17. The largest absolute Gasteiger partial charge is 0.309 e. The lowest BCUT2D eigenvalue weighted by molar-refractivity contribution is 0.0743. The van der Waals surface area contributed by atoms with Gasteiger partial charge in [-0.25, -0.2) is 8.78 Å². The van der Waals surface area contributed by atoms with Crippen molar-refractivity contribution in [3.8, 4) is 0 Å². The van der Waals surface area contributed by atoms with E-state index in [9.17, 15) is 8.78 Å². The molecular formula is C16H24F2N2. The van der Waals surface area contributed by atoms with E-state index in [1.165, 1.54) is 6.07 Å². The summed E-state index contributed by atoms with van der Waals surface area (Å²) in [5.41, 5.74) is 0.499. The molecule has 0 aliphatic carbocycles. The number of nitrogens with zero attached hydrogens (tertiary/aromatic N) is 1. The average Bonchev–Trinajstić information content (AvgIpc) is 2.44. The first-order valence-electron chi connectivity index (χ1n) is 7.41. The van der Waals surface area contributed by atoms with Crippen LogP contribution in [-0.2, 0) is 6.54 Å². The number of benzene rings is 1. The van der Waals surface area contributed by atoms with E-state index in [4.69, 9.17) is 0 Å². The van der Waals surface area contributed by atoms with Gasteiger partial charge in [0.15, 0.2) is 11.6 Å². The third-order valence-electron chi connectivity index (χ3n) is 4.49. The summed E-state index contributed by atoms with van der Waals surface area (Å²) in [5, 5.41) is 3.58. The smallest absolute Gasteiger partial charge is 0.163 e. The maximum atomic E-state index is 13.8. The summed E-state index contributed by atoms with van der Waals surface area (Å²) in [6.45, 7) is 8.71. The molecule has 1 aliphatic rings. The molecule has 1 saturated heterocycles. The molecule has 4 heteroatoms. The lowest BCUT2D eigenvalue weighted by Gasteiger charge is -2.46. The molecule has 0 radical (unpaired) electrons. The van der Waals surface area contributed by atoms with Crippen molar-refractivity contribution in [2.75, 3.05) is 13.1 Å². The van der Waals surface area contributed by atoms with Gasteiger partial charge in [-0.05, 0) is 25.8 Å². The Morgan fingerprint density at radius 1 is 1.35 bits per heavy atom. The third kappa shape index (κ3) is 3.18. The van der Waals surface area contributed by atoms with Crippen LogP contribution in [0.4, 0.5) is 8.78 Å². The van der Waals surface area contributed by atoms with Crippen LogP contribution in [0, 0.1) is 11.6 Å². The summed E-state index contributed by atoms with van der Waals surface area (Å²) >= 11 is 0. The molecule has 1 heterocycles. The second kappa shape index (κ2) is 6.19. The zero-order chi connectivity index (χ0) is 14.8. The molecule has 2 nitrogen and oxygen atoms in total. The van der Waals surface area contributed by atoms with Crippen molar-refractivity contribution in [2.45, 2.75) is 51.7 Å². The first-order valence-corrected chi connectivity index (χ1v) is 7.41. The van der Waals surface area contributed by atoms with Crippen LogP contribution in [0.1, 0.15) is 39.2 Å². The number of hydrogen-bond donors (Lipinski definition) is 1. The predicted molar refractivity (Wildman–Crippen MR) is 77.5 cm³/mol. The molecule has 0 amide bonds. The maximum absolute atomic E-state index is 13.8. The van der Waals surface area contributed by atoms with Gasteiger partial charge in [0.25, 0.3) is 0 Å². The van der Waals surface area contributed by atoms with Crippen molar-refractivity contribution in [1.29, 1.82) is 0 Å². The van der Waals surface area contributed by atoms with E-state index in [1.807, 2.05) is 0 Å². The molecule has 0 spiro atoms. The van der Waals surface area contributed by atoms with E-state index in [-0.39, 0.29) is 5.54 Å². The van der Waals surface area contributed by atoms with Crippen LogP contribution in [0.3, 0.4) is 0 Å². The first-order chi connectivity index (χ1) is 9.49. The lowest BCUT2D eigenvalue weighted by Crippen LogP contribution is -2.62. The summed E-state index contributed by atoms with van der Waals surface area (Å²) in [5.74, 6) is -1.47. The zero-order valence-corrected chi connectivity index (χ0v) is 12.5. The van der Waals surface area contributed by atoms with Crippen LogP contribution in [0.25, 0.3) is 0 Å². The first kappa shape index (κ1) is 15.4. The number of rotatable bonds is 4. The molecule has 2 rings (SSSR count). The van der Waals surface area contributed by atoms with E-state index >= 15 is 0 Å². The van der Waals surface area contributed by atoms with E-state index in [0.717, 1.165) is 25.9 Å². The Bertz CT molecular complexity index is 464. The lowest BCUT2D eigenvalue weighted by atomic mass is 9.92. The molecule has 2 unspecified atom stereocenters. The quantitative estimate of drug-likeness (QED) is 0.911. The molecule has 1 aliphatic heterocycles. The van der Waals surface area contributed by atoms with Crippen molar-refractivity contribution in [1.82, 2.24) is 10.2 Å². The van der Waals surface area contributed by atoms with Gasteiger partial charge in [-0.2, -0.15) is 0 Å². The molecule has 112 valence electrons. The highest BCUT2D eigenvalue weighted by Gasteiger charge is 2.34. The molecule has 0 saturated carbocycles. The Morgan fingerprint density at radius 3 is 2.75 bits per heavy atom. The van der Waals surface area contributed by atoms with Gasteiger partial charge in [0, 0.05) is 36.8 Å². The monoisotopic (exact) mass is 282 g/mol. The summed E-state index contributed by atoms with van der Waals surface area (Å²) in [7, 11) is 0. The summed E-state index contributed by atoms with van der Waals surface area (Å²) in [6.07, 6.45) is 2.02. The highest BCUT2D eigenvalue weighted by Crippen LogP contribution is 2.23. The Labute approximate surface area is 120 Å². The molecule has 0 aromatic heterocycles. The van der Waals surface area contributed by atoms with Crippen LogP contribution in [-0.4, -0.2) is 29.6 Å². The molecular weight excluding hydrogens is 258 g/mol. The second-order valence-electron chi connectivity index (χ2n) is 5.98. The number of nitrogens with one attached hydrogen (secondary N) is 1. The minimum Gasteiger partial charge on any atom is -0.309 e. The maximum Gasteiger partial charge on any atom is 0.163 e. The normalized spacial score (nSPS) is 27.8. The van der Waals surface area contributed by atoms with Gasteiger partial charge in [0.05, 0.1) is 0 Å². The highest BCUT2D eigenvalue weighted by molar-refractivity contribution is 5.19. The fourth-order valence-electron chi connectivity index (χ4n) is 2.84. The second-order valence-corrected chi connectivity index (χ2v) is 5.98. The predicted octanol–water partition coefficient (Wildman–Crippen LogP) is 3.32. The Hall–Kier alpha value is -1.00. The van der Waals surface area contributed by atoms with Crippen molar-refractivity contribution in [3.05, 3.63) is 35.4 Å². The minimum absolute atomic E-state index is 0.0511. The molecule has 2 atom stereocenters. The third-order valence-corrected chi connectivity index (χ3v) is 4.49. The van der Waals surface area contributed by atoms with E-state index < -0.39 is 11.6 Å². The Kier molecular flexibility index (Phi) is 4.76. The highest BCUT2D eigenvalue weighted by atomic mass is 19.2. The van der Waals surface area contributed by atoms with Crippen LogP contribution >= 0.6 is 0 Å². The summed E-state index contributed by atoms with van der Waals surface area (Å²) < 4.78 is 27.2. The molecule has 1 aromatic rings. The van der Waals surface area contributed by atoms with E-state index in [2.05, 4.69) is 31.0 Å². The van der Waals surface area contributed by atoms with Crippen LogP contribution in [0.2, 0.25) is 0 Å². The van der Waals surface area contributed by atoms with Gasteiger partial charge in [0.1, 0.15) is 0 Å². The SMILES string of the molecule is CCC1CNC(C)(CC)CN1Cc1cccc(F)c1F. The number of hydrogen-bond acceptors (Lipinski definition) is 2. The fourth-order valence-corrected chi connectivity index (χ4v) is 2.84. The van der Waals surface area contributed by atoms with Gasteiger partial charge in [-0.1, -0.05) is 26.0 Å². The summed E-state index contributed by atoms with van der Waals surface area (Å²) in [4.78, 5) is 2.28. The van der Waals surface area contributed by atoms with Crippen LogP contribution in [0.15, 0.2) is 18.2 Å². The summed E-state index contributed by atoms with van der Waals surface area (Å²) in [6, 6.07) is 4.80. The van der Waals surface area contributed by atoms with Gasteiger partial charge in [-0.15, -0.1) is 0 Å². The van der Waals surface area contributed by atoms with Gasteiger partial charge >= 0.3 is 0 Å². The van der Waals surface area contributed by atoms with Crippen molar-refractivity contribution in [3.63, 3.8) is 0 Å². The molecule has 1 aromatic carbocycles. The van der Waals surface area contributed by atoms with Gasteiger partial charge in [0.2, 0.25) is 0 Å². The van der Waals surface area contributed by atoms with Gasteiger partial charge in [-0.3, -0.25) is 4.90 Å². The van der Waals surface area contributed by atoms with Crippen molar-refractivity contribution in [2.24, 2.45) is 0 Å². The minimum atomic E-state index is -0.760. The Morgan fingerprint density at radius 2 is 2.10 bits per heavy atom. The number of halogens is 2.